The fourth-order valence-electron chi connectivity index (χ4n) is 15.4. The second kappa shape index (κ2) is 55.5. The number of nitrogens with zero attached hydrogens (tertiary/aromatic N) is 2. The maximum atomic E-state index is 11.3. The molecule has 0 amide bonds. The van der Waals surface area contributed by atoms with Crippen LogP contribution in [0.1, 0.15) is 307 Å². The molecule has 626 valence electrons. The zero-order valence-corrected chi connectivity index (χ0v) is 73.9. The summed E-state index contributed by atoms with van der Waals surface area (Å²) in [5.41, 5.74) is 15.0. The summed E-state index contributed by atoms with van der Waals surface area (Å²) in [7, 11) is 0. The van der Waals surface area contributed by atoms with Crippen LogP contribution in [0.3, 0.4) is 0 Å². The number of hydrogen-bond donors (Lipinski definition) is 2. The lowest BCUT2D eigenvalue weighted by Crippen LogP contribution is -1.97. The van der Waals surface area contributed by atoms with Gasteiger partial charge in [0, 0.05) is 95.0 Å². The van der Waals surface area contributed by atoms with Crippen LogP contribution < -0.4 is 18.9 Å². The highest BCUT2D eigenvalue weighted by molar-refractivity contribution is 8.14. The minimum absolute atomic E-state index is 0.223. The number of rotatable bonds is 60. The van der Waals surface area contributed by atoms with Crippen molar-refractivity contribution >= 4 is 114 Å². The normalized spacial score (nSPS) is 11.8. The van der Waals surface area contributed by atoms with Gasteiger partial charge in [-0.05, 0) is 171 Å². The first kappa shape index (κ1) is 92.6. The lowest BCUT2D eigenvalue weighted by molar-refractivity contribution is -0.109. The zero-order chi connectivity index (χ0) is 81.3. The highest BCUT2D eigenvalue weighted by atomic mass is 32.2. The molecule has 2 aliphatic rings. The SMILES string of the molecule is CC(=O)SCCCCCCCCCCCCOc1ccc(-c2c3nc(c(-c4ccc(OCCCCCCCCCCCCSC(C)=O)cc4)c4ccc([nH]4)c(-c4ccc(OCCCCCCCCCCCCSC(C)=O)cc4)c4nc(c(-c5ccc(OCCCCCCCCCCCCSC(C)=O)cc5)c5ccc2[nH]5)C=C4)C=C3)cc1. The largest absolute Gasteiger partial charge is 0.494 e. The van der Waals surface area contributed by atoms with Crippen molar-refractivity contribution in [3.63, 3.8) is 0 Å². The van der Waals surface area contributed by atoms with Gasteiger partial charge in [0.15, 0.2) is 20.5 Å². The molecule has 0 saturated carbocycles. The summed E-state index contributed by atoms with van der Waals surface area (Å²) in [6.45, 7) is 9.33. The average Bonchev–Trinajstić information content (AvgIpc) is 1.61. The van der Waals surface area contributed by atoms with Gasteiger partial charge >= 0.3 is 0 Å². The lowest BCUT2D eigenvalue weighted by Gasteiger charge is -2.10. The fraction of sp³-hybridized carbons (Fsp3) is 0.520. The molecule has 0 unspecified atom stereocenters. The molecule has 0 aliphatic carbocycles. The Bertz CT molecular complexity index is 3730. The first-order valence-corrected chi connectivity index (χ1v) is 48.5. The van der Waals surface area contributed by atoms with E-state index in [0.29, 0.717) is 26.4 Å². The number of carbonyl (C=O) groups is 4. The highest BCUT2D eigenvalue weighted by Crippen LogP contribution is 2.40. The third kappa shape index (κ3) is 35.0. The van der Waals surface area contributed by atoms with E-state index in [0.717, 1.165) is 212 Å². The second-order valence-corrected chi connectivity index (χ2v) is 36.6. The number of carbonyl (C=O) groups excluding carboxylic acids is 4. The number of unbranched alkanes of at least 4 members (excludes halogenated alkanes) is 36. The van der Waals surface area contributed by atoms with Gasteiger partial charge in [-0.25, -0.2) is 9.97 Å². The summed E-state index contributed by atoms with van der Waals surface area (Å²) in [6.07, 6.45) is 57.0. The van der Waals surface area contributed by atoms with Gasteiger partial charge in [0.1, 0.15) is 23.0 Å². The van der Waals surface area contributed by atoms with Crippen molar-refractivity contribution in [1.29, 1.82) is 0 Å². The first-order chi connectivity index (χ1) is 56.9. The Morgan fingerprint density at radius 1 is 0.233 bits per heavy atom. The van der Waals surface area contributed by atoms with E-state index in [1.165, 1.54) is 227 Å². The summed E-state index contributed by atoms with van der Waals surface area (Å²) in [5, 5.41) is 0.891. The van der Waals surface area contributed by atoms with E-state index in [2.05, 4.69) is 156 Å². The van der Waals surface area contributed by atoms with Gasteiger partial charge in [0.25, 0.3) is 0 Å². The lowest BCUT2D eigenvalue weighted by atomic mass is 10.0. The predicted molar refractivity (Wildman–Crippen MR) is 500 cm³/mol. The minimum Gasteiger partial charge on any atom is -0.494 e. The number of thioether (sulfide) groups is 4. The number of fused-ring (bicyclic) bond motifs is 8. The fourth-order valence-corrected chi connectivity index (χ4v) is 17.9. The Labute approximate surface area is 712 Å². The molecule has 3 aromatic heterocycles. The number of benzene rings is 4. The van der Waals surface area contributed by atoms with Crippen molar-refractivity contribution in [3.05, 3.63) is 144 Å². The molecule has 7 aromatic rings. The number of nitrogens with one attached hydrogen (secondary N) is 2. The molecule has 2 aliphatic heterocycles. The van der Waals surface area contributed by atoms with E-state index in [9.17, 15) is 19.2 Å². The van der Waals surface area contributed by atoms with Gasteiger partial charge in [-0.15, -0.1) is 0 Å². The zero-order valence-electron chi connectivity index (χ0n) is 70.6. The van der Waals surface area contributed by atoms with Crippen molar-refractivity contribution in [3.8, 4) is 67.5 Å². The van der Waals surface area contributed by atoms with Crippen LogP contribution in [0.25, 0.3) is 90.9 Å². The Balaban J connectivity index is 0.968. The Kier molecular flexibility index (Phi) is 44.3. The number of H-pyrrole nitrogens is 2. The van der Waals surface area contributed by atoms with Crippen molar-refractivity contribution in [2.24, 2.45) is 0 Å². The van der Waals surface area contributed by atoms with Crippen LogP contribution in [0, 0.1) is 0 Å². The molecular weight excluding hydrogens is 1510 g/mol. The van der Waals surface area contributed by atoms with Crippen LogP contribution in [0.4, 0.5) is 0 Å². The third-order valence-electron chi connectivity index (χ3n) is 21.8. The Morgan fingerprint density at radius 3 is 0.569 bits per heavy atom. The Hall–Kier alpha value is -7.24. The van der Waals surface area contributed by atoms with E-state index in [1.807, 2.05) is 0 Å². The monoisotopic (exact) mass is 1650 g/mol. The number of ether oxygens (including phenoxy) is 4. The third-order valence-corrected chi connectivity index (χ3v) is 25.4. The van der Waals surface area contributed by atoms with Crippen molar-refractivity contribution in [2.75, 3.05) is 49.4 Å². The summed E-state index contributed by atoms with van der Waals surface area (Å²) in [4.78, 5) is 64.3. The summed E-state index contributed by atoms with van der Waals surface area (Å²) < 4.78 is 25.8. The van der Waals surface area contributed by atoms with Crippen LogP contribution in [-0.4, -0.2) is 89.8 Å². The molecule has 16 heteroatoms. The Morgan fingerprint density at radius 2 is 0.397 bits per heavy atom. The van der Waals surface area contributed by atoms with Gasteiger partial charge < -0.3 is 28.9 Å². The maximum absolute atomic E-state index is 11.3. The molecule has 0 saturated heterocycles. The van der Waals surface area contributed by atoms with Gasteiger partial charge in [-0.2, -0.15) is 0 Å². The van der Waals surface area contributed by atoms with Gasteiger partial charge in [0.2, 0.25) is 0 Å². The predicted octanol–water partition coefficient (Wildman–Crippen LogP) is 29.6. The maximum Gasteiger partial charge on any atom is 0.185 e. The molecule has 12 nitrogen and oxygen atoms in total. The highest BCUT2D eigenvalue weighted by Gasteiger charge is 2.21. The molecule has 9 rings (SSSR count). The second-order valence-electron chi connectivity index (χ2n) is 31.5. The number of hydrogen-bond acceptors (Lipinski definition) is 14. The molecule has 5 heterocycles. The molecule has 8 bridgehead atoms. The number of aromatic nitrogens is 4. The molecule has 0 radical (unpaired) electrons. The van der Waals surface area contributed by atoms with Crippen molar-refractivity contribution in [2.45, 2.75) is 285 Å². The molecule has 0 fully saturated rings. The number of aromatic amines is 2. The van der Waals surface area contributed by atoms with Crippen molar-refractivity contribution < 1.29 is 38.1 Å². The van der Waals surface area contributed by atoms with E-state index in [1.54, 1.807) is 27.7 Å². The topological polar surface area (TPSA) is 163 Å². The molecule has 116 heavy (non-hydrogen) atoms. The van der Waals surface area contributed by atoms with Gasteiger partial charge in [-0.3, -0.25) is 19.2 Å². The first-order valence-electron chi connectivity index (χ1n) is 44.6. The average molecular weight is 1650 g/mol. The standard InChI is InChI=1S/C100H134N4O8S4/c1-77(105)113-73-41-33-25-17-9-5-13-21-29-37-69-109-85-53-45-81(46-54-85)97-89-61-63-91(101-89)98(82-47-55-86(56-48-82)110-70-38-30-22-14-6-10-18-26-34-42-74-114-78(2)106)93-65-67-95(103-93)100(84-51-59-88(60-52-84)112-72-40-32-24-16-8-12-20-28-36-44-76-116-80(4)108)96-68-66-94(104-96)99(92-64-62-90(97)102-92)83-49-57-87(58-50-83)111-71-39-31-23-15-7-11-19-27-35-43-75-115-79(3)107/h45-68,101,104H,5-44,69-76H2,1-4H3. The molecule has 0 atom stereocenters. The molecule has 2 N–H and O–H groups in total. The van der Waals surface area contributed by atoms with Gasteiger partial charge in [-0.1, -0.05) is 301 Å². The van der Waals surface area contributed by atoms with Crippen molar-refractivity contribution in [1.82, 2.24) is 19.9 Å². The van der Waals surface area contributed by atoms with E-state index in [-0.39, 0.29) is 20.5 Å². The molecule has 4 aromatic carbocycles. The summed E-state index contributed by atoms with van der Waals surface area (Å²) in [6, 6.07) is 43.0. The van der Waals surface area contributed by atoms with Crippen LogP contribution in [0.5, 0.6) is 23.0 Å². The smallest absolute Gasteiger partial charge is 0.185 e. The van der Waals surface area contributed by atoms with Crippen LogP contribution >= 0.6 is 47.0 Å². The van der Waals surface area contributed by atoms with Crippen LogP contribution in [0.2, 0.25) is 0 Å². The molecular formula is C100H134N4O8S4. The summed E-state index contributed by atoms with van der Waals surface area (Å²) >= 11 is 5.81. The van der Waals surface area contributed by atoms with E-state index in [4.69, 9.17) is 28.9 Å². The van der Waals surface area contributed by atoms with Crippen LogP contribution in [-0.2, 0) is 19.2 Å². The molecule has 0 spiro atoms. The van der Waals surface area contributed by atoms with Gasteiger partial charge in [0.05, 0.1) is 49.2 Å². The van der Waals surface area contributed by atoms with E-state index >= 15 is 0 Å². The summed E-state index contributed by atoms with van der Waals surface area (Å²) in [5.74, 6) is 7.20. The van der Waals surface area contributed by atoms with Crippen LogP contribution in [0.15, 0.2) is 121 Å². The quantitative estimate of drug-likeness (QED) is 0.0346. The minimum atomic E-state index is 0.223. The van der Waals surface area contributed by atoms with E-state index < -0.39 is 0 Å².